The molecular weight excluding hydrogens is 198 g/mol. The zero-order valence-electron chi connectivity index (χ0n) is 8.21. The summed E-state index contributed by atoms with van der Waals surface area (Å²) in [6.07, 6.45) is 0. The molecule has 2 N–H and O–H groups in total. The van der Waals surface area contributed by atoms with Crippen molar-refractivity contribution < 1.29 is 0 Å². The summed E-state index contributed by atoms with van der Waals surface area (Å²) in [5.74, 6) is 0. The van der Waals surface area contributed by atoms with Crippen molar-refractivity contribution in [1.29, 1.82) is 0 Å². The van der Waals surface area contributed by atoms with Crippen LogP contribution in [0, 0.1) is 6.92 Å². The van der Waals surface area contributed by atoms with E-state index in [1.165, 1.54) is 0 Å². The molecule has 0 spiro atoms. The van der Waals surface area contributed by atoms with Gasteiger partial charge in [-0.25, -0.2) is 0 Å². The molecular formula is C10H12ClN3. The lowest BCUT2D eigenvalue weighted by Crippen LogP contribution is -1.95. The lowest BCUT2D eigenvalue weighted by Gasteiger charge is -1.99. The first-order valence-electron chi connectivity index (χ1n) is 4.45. The zero-order valence-corrected chi connectivity index (χ0v) is 8.97. The monoisotopic (exact) mass is 209 g/mol. The Bertz CT molecular complexity index is 488. The minimum Gasteiger partial charge on any atom is -0.326 e. The second-order valence-corrected chi connectivity index (χ2v) is 3.79. The Kier molecular flexibility index (Phi) is 2.21. The van der Waals surface area contributed by atoms with Crippen molar-refractivity contribution in [2.24, 2.45) is 12.8 Å². The first-order chi connectivity index (χ1) is 6.63. The van der Waals surface area contributed by atoms with Crippen LogP contribution < -0.4 is 5.73 Å². The Morgan fingerprint density at radius 3 is 2.86 bits per heavy atom. The number of nitrogens with two attached hydrogens (primary N) is 1. The van der Waals surface area contributed by atoms with Crippen LogP contribution in [0.2, 0.25) is 5.02 Å². The molecule has 1 aromatic carbocycles. The van der Waals surface area contributed by atoms with Gasteiger partial charge in [0.2, 0.25) is 0 Å². The van der Waals surface area contributed by atoms with Crippen molar-refractivity contribution in [2.45, 2.75) is 13.5 Å². The molecule has 0 saturated heterocycles. The highest BCUT2D eigenvalue weighted by atomic mass is 35.5. The van der Waals surface area contributed by atoms with Gasteiger partial charge in [-0.3, -0.25) is 4.68 Å². The van der Waals surface area contributed by atoms with Crippen LogP contribution in [-0.4, -0.2) is 9.78 Å². The van der Waals surface area contributed by atoms with Crippen LogP contribution in [-0.2, 0) is 13.6 Å². The molecule has 0 saturated carbocycles. The second kappa shape index (κ2) is 3.26. The Hall–Kier alpha value is -1.06. The number of benzene rings is 1. The maximum atomic E-state index is 6.15. The summed E-state index contributed by atoms with van der Waals surface area (Å²) < 4.78 is 1.83. The van der Waals surface area contributed by atoms with Gasteiger partial charge in [-0.05, 0) is 24.6 Å². The Morgan fingerprint density at radius 2 is 2.21 bits per heavy atom. The lowest BCUT2D eigenvalue weighted by atomic mass is 10.1. The Balaban J connectivity index is 2.83. The molecule has 0 aliphatic heterocycles. The predicted molar refractivity (Wildman–Crippen MR) is 58.4 cm³/mol. The van der Waals surface area contributed by atoms with Crippen molar-refractivity contribution >= 4 is 22.5 Å². The van der Waals surface area contributed by atoms with Crippen LogP contribution in [0.25, 0.3) is 10.9 Å². The van der Waals surface area contributed by atoms with E-state index in [0.717, 1.165) is 27.2 Å². The zero-order chi connectivity index (χ0) is 10.3. The van der Waals surface area contributed by atoms with Gasteiger partial charge in [0, 0.05) is 24.7 Å². The summed E-state index contributed by atoms with van der Waals surface area (Å²) in [5, 5.41) is 6.11. The van der Waals surface area contributed by atoms with E-state index in [0.29, 0.717) is 6.54 Å². The van der Waals surface area contributed by atoms with Gasteiger partial charge in [-0.2, -0.15) is 5.10 Å². The third-order valence-corrected chi connectivity index (χ3v) is 2.77. The van der Waals surface area contributed by atoms with Crippen molar-refractivity contribution in [3.8, 4) is 0 Å². The highest BCUT2D eigenvalue weighted by Gasteiger charge is 2.09. The number of hydrogen-bond donors (Lipinski definition) is 1. The van der Waals surface area contributed by atoms with Crippen LogP contribution in [0.4, 0.5) is 0 Å². The Morgan fingerprint density at radius 1 is 1.50 bits per heavy atom. The SMILES string of the molecule is Cc1c2c(Cl)cc(CN)cc2nn1C. The Labute approximate surface area is 87.5 Å². The first kappa shape index (κ1) is 9.49. The smallest absolute Gasteiger partial charge is 0.0944 e. The van der Waals surface area contributed by atoms with E-state index in [1.54, 1.807) is 0 Å². The molecule has 0 radical (unpaired) electrons. The molecule has 0 amide bonds. The molecule has 2 aromatic rings. The third kappa shape index (κ3) is 1.29. The average molecular weight is 210 g/mol. The molecule has 14 heavy (non-hydrogen) atoms. The van der Waals surface area contributed by atoms with E-state index in [4.69, 9.17) is 17.3 Å². The highest BCUT2D eigenvalue weighted by Crippen LogP contribution is 2.27. The quantitative estimate of drug-likeness (QED) is 0.781. The number of halogens is 1. The molecule has 4 heteroatoms. The fourth-order valence-electron chi connectivity index (χ4n) is 1.60. The molecule has 1 heterocycles. The lowest BCUT2D eigenvalue weighted by molar-refractivity contribution is 0.751. The molecule has 0 unspecified atom stereocenters. The van der Waals surface area contributed by atoms with Crippen LogP contribution in [0.3, 0.4) is 0 Å². The number of hydrogen-bond acceptors (Lipinski definition) is 2. The molecule has 0 fully saturated rings. The van der Waals surface area contributed by atoms with Crippen molar-refractivity contribution in [3.63, 3.8) is 0 Å². The van der Waals surface area contributed by atoms with E-state index in [2.05, 4.69) is 5.10 Å². The van der Waals surface area contributed by atoms with Gasteiger partial charge in [-0.15, -0.1) is 0 Å². The average Bonchev–Trinajstić information content (AvgIpc) is 2.43. The number of rotatable bonds is 1. The summed E-state index contributed by atoms with van der Waals surface area (Å²) in [6, 6.07) is 3.88. The van der Waals surface area contributed by atoms with Gasteiger partial charge in [0.05, 0.1) is 10.5 Å². The van der Waals surface area contributed by atoms with Crippen LogP contribution >= 0.6 is 11.6 Å². The summed E-state index contributed by atoms with van der Waals surface area (Å²) in [7, 11) is 1.91. The van der Waals surface area contributed by atoms with E-state index >= 15 is 0 Å². The highest BCUT2D eigenvalue weighted by molar-refractivity contribution is 6.35. The molecule has 0 atom stereocenters. The number of fused-ring (bicyclic) bond motifs is 1. The fourth-order valence-corrected chi connectivity index (χ4v) is 1.97. The minimum atomic E-state index is 0.491. The van der Waals surface area contributed by atoms with Crippen LogP contribution in [0.5, 0.6) is 0 Å². The first-order valence-corrected chi connectivity index (χ1v) is 4.83. The second-order valence-electron chi connectivity index (χ2n) is 3.38. The van der Waals surface area contributed by atoms with Crippen LogP contribution in [0.1, 0.15) is 11.3 Å². The maximum Gasteiger partial charge on any atom is 0.0944 e. The van der Waals surface area contributed by atoms with Gasteiger partial charge < -0.3 is 5.73 Å². The summed E-state index contributed by atoms with van der Waals surface area (Å²) in [4.78, 5) is 0. The van der Waals surface area contributed by atoms with Crippen LogP contribution in [0.15, 0.2) is 12.1 Å². The van der Waals surface area contributed by atoms with Gasteiger partial charge in [0.25, 0.3) is 0 Å². The molecule has 2 rings (SSSR count). The van der Waals surface area contributed by atoms with E-state index in [-0.39, 0.29) is 0 Å². The third-order valence-electron chi connectivity index (χ3n) is 2.47. The van der Waals surface area contributed by atoms with E-state index in [1.807, 2.05) is 30.8 Å². The van der Waals surface area contributed by atoms with Gasteiger partial charge >= 0.3 is 0 Å². The van der Waals surface area contributed by atoms with Crippen molar-refractivity contribution in [3.05, 3.63) is 28.4 Å². The van der Waals surface area contributed by atoms with E-state index < -0.39 is 0 Å². The standard InChI is InChI=1S/C10H12ClN3/c1-6-10-8(11)3-7(5-12)4-9(10)13-14(6)2/h3-4H,5,12H2,1-2H3. The summed E-state index contributed by atoms with van der Waals surface area (Å²) in [6.45, 7) is 2.49. The number of aryl methyl sites for hydroxylation is 2. The maximum absolute atomic E-state index is 6.15. The fraction of sp³-hybridized carbons (Fsp3) is 0.300. The minimum absolute atomic E-state index is 0.491. The molecule has 0 bridgehead atoms. The molecule has 0 aliphatic rings. The number of aromatic nitrogens is 2. The van der Waals surface area contributed by atoms with Gasteiger partial charge in [0.1, 0.15) is 0 Å². The molecule has 1 aromatic heterocycles. The topological polar surface area (TPSA) is 43.8 Å². The number of nitrogens with zero attached hydrogens (tertiary/aromatic N) is 2. The summed E-state index contributed by atoms with van der Waals surface area (Å²) >= 11 is 6.15. The van der Waals surface area contributed by atoms with Crippen molar-refractivity contribution in [2.75, 3.05) is 0 Å². The predicted octanol–water partition coefficient (Wildman–Crippen LogP) is 1.99. The normalized spacial score (nSPS) is 11.1. The summed E-state index contributed by atoms with van der Waals surface area (Å²) in [5.41, 5.74) is 8.57. The molecule has 0 aliphatic carbocycles. The van der Waals surface area contributed by atoms with Gasteiger partial charge in [-0.1, -0.05) is 11.6 Å². The molecule has 74 valence electrons. The van der Waals surface area contributed by atoms with Gasteiger partial charge in [0.15, 0.2) is 0 Å². The molecule has 3 nitrogen and oxygen atoms in total. The van der Waals surface area contributed by atoms with Crippen molar-refractivity contribution in [1.82, 2.24) is 9.78 Å². The van der Waals surface area contributed by atoms with E-state index in [9.17, 15) is 0 Å². The largest absolute Gasteiger partial charge is 0.326 e.